The molecular weight excluding hydrogens is 316 g/mol. The lowest BCUT2D eigenvalue weighted by Gasteiger charge is -2.22. The Morgan fingerprint density at radius 3 is 2.83 bits per heavy atom. The molecule has 1 aliphatic heterocycles. The highest BCUT2D eigenvalue weighted by Crippen LogP contribution is 2.17. The van der Waals surface area contributed by atoms with Crippen LogP contribution in [-0.4, -0.2) is 35.2 Å². The first-order valence-corrected chi connectivity index (χ1v) is 8.61. The molecule has 1 amide bonds. The van der Waals surface area contributed by atoms with Gasteiger partial charge in [0.05, 0.1) is 6.42 Å². The Bertz CT molecular complexity index is 482. The monoisotopic (exact) mass is 342 g/mol. The second kappa shape index (κ2) is 9.23. The lowest BCUT2D eigenvalue weighted by atomic mass is 9.95. The Morgan fingerprint density at radius 1 is 1.26 bits per heavy atom. The molecule has 0 radical (unpaired) electrons. The molecule has 3 rings (SSSR count). The van der Waals surface area contributed by atoms with E-state index in [9.17, 15) is 4.79 Å². The van der Waals surface area contributed by atoms with Crippen molar-refractivity contribution in [3.63, 3.8) is 0 Å². The molecule has 1 atom stereocenters. The van der Waals surface area contributed by atoms with E-state index in [0.717, 1.165) is 38.8 Å². The van der Waals surface area contributed by atoms with E-state index in [1.165, 1.54) is 25.7 Å². The van der Waals surface area contributed by atoms with E-state index in [4.69, 9.17) is 4.52 Å². The summed E-state index contributed by atoms with van der Waals surface area (Å²) in [7, 11) is 0. The SMILES string of the molecule is Cl.O=C(Cc1noc(CCC2CCNC2)n1)NC1CCCCC1. The van der Waals surface area contributed by atoms with Crippen LogP contribution in [0.2, 0.25) is 0 Å². The van der Waals surface area contributed by atoms with Crippen molar-refractivity contribution in [2.45, 2.75) is 63.8 Å². The standard InChI is InChI=1S/C16H26N4O2.ClH/c21-15(18-13-4-2-1-3-5-13)10-14-19-16(22-20-14)7-6-12-8-9-17-11-12;/h12-13,17H,1-11H2,(H,18,21);1H. The van der Waals surface area contributed by atoms with E-state index in [1.54, 1.807) is 0 Å². The summed E-state index contributed by atoms with van der Waals surface area (Å²) in [6.07, 6.45) is 9.25. The smallest absolute Gasteiger partial charge is 0.228 e. The van der Waals surface area contributed by atoms with Crippen LogP contribution in [0.5, 0.6) is 0 Å². The second-order valence-corrected chi connectivity index (χ2v) is 6.58. The van der Waals surface area contributed by atoms with Crippen LogP contribution >= 0.6 is 12.4 Å². The van der Waals surface area contributed by atoms with Crippen LogP contribution in [-0.2, 0) is 17.6 Å². The van der Waals surface area contributed by atoms with Gasteiger partial charge in [-0.25, -0.2) is 0 Å². The molecule has 2 aliphatic rings. The number of amides is 1. The second-order valence-electron chi connectivity index (χ2n) is 6.58. The Balaban J connectivity index is 0.00000192. The summed E-state index contributed by atoms with van der Waals surface area (Å²) in [4.78, 5) is 16.4. The van der Waals surface area contributed by atoms with Gasteiger partial charge in [0, 0.05) is 12.5 Å². The topological polar surface area (TPSA) is 80.1 Å². The average Bonchev–Trinajstić information content (AvgIpc) is 3.17. The van der Waals surface area contributed by atoms with E-state index in [0.29, 0.717) is 23.7 Å². The molecular formula is C16H27ClN4O2. The molecule has 1 saturated heterocycles. The molecule has 1 aliphatic carbocycles. The van der Waals surface area contributed by atoms with Gasteiger partial charge in [-0.15, -0.1) is 12.4 Å². The minimum atomic E-state index is 0. The lowest BCUT2D eigenvalue weighted by Crippen LogP contribution is -2.37. The van der Waals surface area contributed by atoms with Gasteiger partial charge in [0.25, 0.3) is 0 Å². The molecule has 1 unspecified atom stereocenters. The lowest BCUT2D eigenvalue weighted by molar-refractivity contribution is -0.121. The number of hydrogen-bond acceptors (Lipinski definition) is 5. The first-order valence-electron chi connectivity index (χ1n) is 8.61. The van der Waals surface area contributed by atoms with Gasteiger partial charge in [0.2, 0.25) is 11.8 Å². The highest BCUT2D eigenvalue weighted by Gasteiger charge is 2.19. The van der Waals surface area contributed by atoms with E-state index in [-0.39, 0.29) is 24.7 Å². The fourth-order valence-corrected chi connectivity index (χ4v) is 3.42. The Hall–Kier alpha value is -1.14. The van der Waals surface area contributed by atoms with Gasteiger partial charge in [0.1, 0.15) is 0 Å². The summed E-state index contributed by atoms with van der Waals surface area (Å²) >= 11 is 0. The van der Waals surface area contributed by atoms with Crippen molar-refractivity contribution in [1.29, 1.82) is 0 Å². The maximum absolute atomic E-state index is 12.0. The zero-order valence-corrected chi connectivity index (χ0v) is 14.4. The average molecular weight is 343 g/mol. The molecule has 1 aromatic heterocycles. The third-order valence-electron chi connectivity index (χ3n) is 4.73. The molecule has 130 valence electrons. The van der Waals surface area contributed by atoms with Crippen LogP contribution in [0.4, 0.5) is 0 Å². The number of rotatable bonds is 6. The van der Waals surface area contributed by atoms with Gasteiger partial charge < -0.3 is 15.2 Å². The summed E-state index contributed by atoms with van der Waals surface area (Å²) in [5.41, 5.74) is 0. The van der Waals surface area contributed by atoms with E-state index < -0.39 is 0 Å². The van der Waals surface area contributed by atoms with Crippen LogP contribution in [0.25, 0.3) is 0 Å². The zero-order chi connectivity index (χ0) is 15.2. The number of nitrogens with one attached hydrogen (secondary N) is 2. The number of aryl methyl sites for hydroxylation is 1. The molecule has 6 nitrogen and oxygen atoms in total. The van der Waals surface area contributed by atoms with Gasteiger partial charge in [0.15, 0.2) is 5.82 Å². The number of carbonyl (C=O) groups is 1. The summed E-state index contributed by atoms with van der Waals surface area (Å²) in [6.45, 7) is 2.20. The van der Waals surface area contributed by atoms with Crippen molar-refractivity contribution in [2.75, 3.05) is 13.1 Å². The van der Waals surface area contributed by atoms with Gasteiger partial charge in [-0.2, -0.15) is 4.98 Å². The minimum Gasteiger partial charge on any atom is -0.353 e. The number of halogens is 1. The summed E-state index contributed by atoms with van der Waals surface area (Å²) in [5.74, 6) is 1.89. The number of carbonyl (C=O) groups excluding carboxylic acids is 1. The fraction of sp³-hybridized carbons (Fsp3) is 0.812. The summed E-state index contributed by atoms with van der Waals surface area (Å²) in [5, 5.41) is 10.4. The Kier molecular flexibility index (Phi) is 7.30. The van der Waals surface area contributed by atoms with Crippen molar-refractivity contribution in [3.05, 3.63) is 11.7 Å². The highest BCUT2D eigenvalue weighted by molar-refractivity contribution is 5.85. The van der Waals surface area contributed by atoms with Crippen LogP contribution in [0.1, 0.15) is 56.7 Å². The van der Waals surface area contributed by atoms with Crippen LogP contribution in [0, 0.1) is 5.92 Å². The molecule has 2 N–H and O–H groups in total. The number of aromatic nitrogens is 2. The fourth-order valence-electron chi connectivity index (χ4n) is 3.42. The van der Waals surface area contributed by atoms with Crippen molar-refractivity contribution >= 4 is 18.3 Å². The highest BCUT2D eigenvalue weighted by atomic mass is 35.5. The van der Waals surface area contributed by atoms with Gasteiger partial charge >= 0.3 is 0 Å². The Labute approximate surface area is 143 Å². The first-order chi connectivity index (χ1) is 10.8. The molecule has 0 bridgehead atoms. The largest absolute Gasteiger partial charge is 0.353 e. The van der Waals surface area contributed by atoms with Crippen LogP contribution < -0.4 is 10.6 Å². The Morgan fingerprint density at radius 2 is 2.09 bits per heavy atom. The molecule has 2 fully saturated rings. The maximum atomic E-state index is 12.0. The summed E-state index contributed by atoms with van der Waals surface area (Å²) in [6, 6.07) is 0.336. The van der Waals surface area contributed by atoms with Crippen molar-refractivity contribution in [1.82, 2.24) is 20.8 Å². The van der Waals surface area contributed by atoms with Crippen molar-refractivity contribution in [2.24, 2.45) is 5.92 Å². The number of hydrogen-bond donors (Lipinski definition) is 2. The molecule has 0 aromatic carbocycles. The molecule has 23 heavy (non-hydrogen) atoms. The van der Waals surface area contributed by atoms with Gasteiger partial charge in [-0.3, -0.25) is 4.79 Å². The molecule has 2 heterocycles. The number of nitrogens with zero attached hydrogens (tertiary/aromatic N) is 2. The predicted octanol–water partition coefficient (Wildman–Crippen LogP) is 2.02. The first kappa shape index (κ1) is 18.2. The minimum absolute atomic E-state index is 0. The van der Waals surface area contributed by atoms with Crippen molar-refractivity contribution < 1.29 is 9.32 Å². The predicted molar refractivity (Wildman–Crippen MR) is 89.6 cm³/mol. The quantitative estimate of drug-likeness (QED) is 0.826. The van der Waals surface area contributed by atoms with E-state index in [1.807, 2.05) is 0 Å². The molecule has 1 saturated carbocycles. The van der Waals surface area contributed by atoms with Gasteiger partial charge in [-0.1, -0.05) is 24.4 Å². The molecule has 1 aromatic rings. The van der Waals surface area contributed by atoms with E-state index >= 15 is 0 Å². The normalized spacial score (nSPS) is 21.8. The van der Waals surface area contributed by atoms with Gasteiger partial charge in [-0.05, 0) is 44.7 Å². The maximum Gasteiger partial charge on any atom is 0.228 e. The van der Waals surface area contributed by atoms with Crippen molar-refractivity contribution in [3.8, 4) is 0 Å². The van der Waals surface area contributed by atoms with Crippen LogP contribution in [0.3, 0.4) is 0 Å². The van der Waals surface area contributed by atoms with Crippen LogP contribution in [0.15, 0.2) is 4.52 Å². The summed E-state index contributed by atoms with van der Waals surface area (Å²) < 4.78 is 5.25. The zero-order valence-electron chi connectivity index (χ0n) is 13.6. The molecule has 0 spiro atoms. The molecule has 7 heteroatoms. The third kappa shape index (κ3) is 5.77. The third-order valence-corrected chi connectivity index (χ3v) is 4.73. The van der Waals surface area contributed by atoms with E-state index in [2.05, 4.69) is 20.8 Å².